The van der Waals surface area contributed by atoms with Crippen molar-refractivity contribution < 1.29 is 9.59 Å². The summed E-state index contributed by atoms with van der Waals surface area (Å²) in [6, 6.07) is 13.9. The van der Waals surface area contributed by atoms with Gasteiger partial charge < -0.3 is 10.2 Å². The molecule has 1 saturated heterocycles. The third-order valence-electron chi connectivity index (χ3n) is 4.14. The average Bonchev–Trinajstić information content (AvgIpc) is 2.64. The van der Waals surface area contributed by atoms with E-state index in [1.54, 1.807) is 48.5 Å². The fourth-order valence-corrected chi connectivity index (χ4v) is 3.01. The minimum atomic E-state index is -0.281. The highest BCUT2D eigenvalue weighted by molar-refractivity contribution is 6.33. The first-order valence-corrected chi connectivity index (χ1v) is 8.48. The molecular formula is C19H19ClN2O2. The summed E-state index contributed by atoms with van der Waals surface area (Å²) < 4.78 is 0. The van der Waals surface area contributed by atoms with E-state index < -0.39 is 0 Å². The molecule has 2 aromatic carbocycles. The highest BCUT2D eigenvalue weighted by atomic mass is 35.5. The zero-order valence-corrected chi connectivity index (χ0v) is 14.1. The zero-order valence-electron chi connectivity index (χ0n) is 13.3. The van der Waals surface area contributed by atoms with Crippen molar-refractivity contribution in [1.29, 1.82) is 0 Å². The highest BCUT2D eigenvalue weighted by Crippen LogP contribution is 2.21. The number of amides is 2. The van der Waals surface area contributed by atoms with Gasteiger partial charge >= 0.3 is 0 Å². The number of halogens is 1. The van der Waals surface area contributed by atoms with Gasteiger partial charge in [-0.2, -0.15) is 0 Å². The monoisotopic (exact) mass is 342 g/mol. The molecule has 0 radical (unpaired) electrons. The molecule has 0 saturated carbocycles. The second-order valence-corrected chi connectivity index (χ2v) is 6.27. The maximum atomic E-state index is 12.6. The van der Waals surface area contributed by atoms with E-state index in [0.717, 1.165) is 25.9 Å². The Bertz CT molecular complexity index is 755. The van der Waals surface area contributed by atoms with Crippen LogP contribution in [0.4, 0.5) is 5.69 Å². The Kier molecular flexibility index (Phi) is 5.16. The molecule has 1 fully saturated rings. The number of rotatable bonds is 3. The predicted molar refractivity (Wildman–Crippen MR) is 95.6 cm³/mol. The third kappa shape index (κ3) is 3.77. The van der Waals surface area contributed by atoms with E-state index in [-0.39, 0.29) is 11.8 Å². The van der Waals surface area contributed by atoms with Crippen molar-refractivity contribution in [3.8, 4) is 0 Å². The van der Waals surface area contributed by atoms with Crippen LogP contribution in [0.25, 0.3) is 0 Å². The summed E-state index contributed by atoms with van der Waals surface area (Å²) in [6.45, 7) is 1.57. The SMILES string of the molecule is O=C(Nc1ccccc1Cl)c1cccc(C(=O)N2CCCCC2)c1. The quantitative estimate of drug-likeness (QED) is 0.908. The molecule has 2 amide bonds. The summed E-state index contributed by atoms with van der Waals surface area (Å²) in [4.78, 5) is 26.8. The molecule has 1 aliphatic rings. The third-order valence-corrected chi connectivity index (χ3v) is 4.47. The lowest BCUT2D eigenvalue weighted by molar-refractivity contribution is 0.0724. The van der Waals surface area contributed by atoms with E-state index >= 15 is 0 Å². The Hall–Kier alpha value is -2.33. The van der Waals surface area contributed by atoms with E-state index in [4.69, 9.17) is 11.6 Å². The molecule has 4 nitrogen and oxygen atoms in total. The first-order valence-electron chi connectivity index (χ1n) is 8.10. The van der Waals surface area contributed by atoms with Gasteiger partial charge in [-0.1, -0.05) is 29.8 Å². The molecule has 0 atom stereocenters. The van der Waals surface area contributed by atoms with Gasteiger partial charge in [0.25, 0.3) is 11.8 Å². The Labute approximate surface area is 146 Å². The minimum absolute atomic E-state index is 0.0120. The van der Waals surface area contributed by atoms with E-state index in [1.165, 1.54) is 6.42 Å². The molecule has 3 rings (SSSR count). The predicted octanol–water partition coefficient (Wildman–Crippen LogP) is 4.22. The van der Waals surface area contributed by atoms with Crippen LogP contribution in [0.2, 0.25) is 5.02 Å². The standard InChI is InChI=1S/C19H19ClN2O2/c20-16-9-2-3-10-17(16)21-18(23)14-7-6-8-15(13-14)19(24)22-11-4-1-5-12-22/h2-3,6-10,13H,1,4-5,11-12H2,(H,21,23). The number of nitrogens with one attached hydrogen (secondary N) is 1. The van der Waals surface area contributed by atoms with Crippen LogP contribution in [0, 0.1) is 0 Å². The van der Waals surface area contributed by atoms with Crippen molar-refractivity contribution in [2.24, 2.45) is 0 Å². The fraction of sp³-hybridized carbons (Fsp3) is 0.263. The summed E-state index contributed by atoms with van der Waals surface area (Å²) in [5.41, 5.74) is 1.54. The van der Waals surface area contributed by atoms with Gasteiger partial charge in [-0.3, -0.25) is 9.59 Å². The second kappa shape index (κ2) is 7.49. The topological polar surface area (TPSA) is 49.4 Å². The van der Waals surface area contributed by atoms with Gasteiger partial charge in [0.2, 0.25) is 0 Å². The molecule has 1 heterocycles. The molecule has 124 valence electrons. The van der Waals surface area contributed by atoms with Crippen LogP contribution in [-0.2, 0) is 0 Å². The van der Waals surface area contributed by atoms with Gasteiger partial charge in [0.05, 0.1) is 10.7 Å². The molecule has 0 unspecified atom stereocenters. The number of piperidine rings is 1. The molecule has 2 aromatic rings. The van der Waals surface area contributed by atoms with Gasteiger partial charge in [0, 0.05) is 24.2 Å². The molecule has 1 aliphatic heterocycles. The molecule has 1 N–H and O–H groups in total. The average molecular weight is 343 g/mol. The van der Waals surface area contributed by atoms with E-state index in [1.807, 2.05) is 4.90 Å². The van der Waals surface area contributed by atoms with E-state index in [9.17, 15) is 9.59 Å². The van der Waals surface area contributed by atoms with Crippen LogP contribution >= 0.6 is 11.6 Å². The zero-order chi connectivity index (χ0) is 16.9. The Morgan fingerprint density at radius 2 is 1.62 bits per heavy atom. The van der Waals surface area contributed by atoms with Crippen LogP contribution in [0.3, 0.4) is 0 Å². The number of benzene rings is 2. The number of anilines is 1. The molecular weight excluding hydrogens is 324 g/mol. The number of carbonyl (C=O) groups is 2. The Morgan fingerprint density at radius 3 is 2.38 bits per heavy atom. The number of hydrogen-bond acceptors (Lipinski definition) is 2. The lowest BCUT2D eigenvalue weighted by Crippen LogP contribution is -2.35. The maximum absolute atomic E-state index is 12.6. The number of hydrogen-bond donors (Lipinski definition) is 1. The summed E-state index contributed by atoms with van der Waals surface area (Å²) in [6.07, 6.45) is 3.25. The number of nitrogens with zero attached hydrogens (tertiary/aromatic N) is 1. The van der Waals surface area contributed by atoms with E-state index in [2.05, 4.69) is 5.32 Å². The lowest BCUT2D eigenvalue weighted by Gasteiger charge is -2.26. The number of para-hydroxylation sites is 1. The largest absolute Gasteiger partial charge is 0.339 e. The molecule has 5 heteroatoms. The number of likely N-dealkylation sites (tertiary alicyclic amines) is 1. The molecule has 0 aliphatic carbocycles. The van der Waals surface area contributed by atoms with Crippen molar-refractivity contribution in [3.05, 3.63) is 64.7 Å². The summed E-state index contributed by atoms with van der Waals surface area (Å²) >= 11 is 6.06. The summed E-state index contributed by atoms with van der Waals surface area (Å²) in [5.74, 6) is -0.293. The molecule has 0 bridgehead atoms. The van der Waals surface area contributed by atoms with E-state index in [0.29, 0.717) is 21.8 Å². The van der Waals surface area contributed by atoms with Crippen LogP contribution < -0.4 is 5.32 Å². The first kappa shape index (κ1) is 16.5. The molecule has 24 heavy (non-hydrogen) atoms. The first-order chi connectivity index (χ1) is 11.6. The van der Waals surface area contributed by atoms with Crippen molar-refractivity contribution in [3.63, 3.8) is 0 Å². The summed E-state index contributed by atoms with van der Waals surface area (Å²) in [5, 5.41) is 3.25. The van der Waals surface area contributed by atoms with Crippen LogP contribution in [-0.4, -0.2) is 29.8 Å². The van der Waals surface area contributed by atoms with Crippen LogP contribution in [0.1, 0.15) is 40.0 Å². The van der Waals surface area contributed by atoms with Gasteiger partial charge in [-0.15, -0.1) is 0 Å². The van der Waals surface area contributed by atoms with Gasteiger partial charge in [0.15, 0.2) is 0 Å². The van der Waals surface area contributed by atoms with Gasteiger partial charge in [-0.05, 0) is 49.6 Å². The van der Waals surface area contributed by atoms with Crippen LogP contribution in [0.15, 0.2) is 48.5 Å². The fourth-order valence-electron chi connectivity index (χ4n) is 2.83. The van der Waals surface area contributed by atoms with Crippen molar-refractivity contribution in [2.75, 3.05) is 18.4 Å². The normalized spacial score (nSPS) is 14.3. The minimum Gasteiger partial charge on any atom is -0.339 e. The summed E-state index contributed by atoms with van der Waals surface area (Å²) in [7, 11) is 0. The second-order valence-electron chi connectivity index (χ2n) is 5.87. The molecule has 0 aromatic heterocycles. The van der Waals surface area contributed by atoms with Crippen molar-refractivity contribution >= 4 is 29.1 Å². The van der Waals surface area contributed by atoms with Crippen LogP contribution in [0.5, 0.6) is 0 Å². The van der Waals surface area contributed by atoms with Gasteiger partial charge in [0.1, 0.15) is 0 Å². The maximum Gasteiger partial charge on any atom is 0.255 e. The lowest BCUT2D eigenvalue weighted by atomic mass is 10.1. The highest BCUT2D eigenvalue weighted by Gasteiger charge is 2.19. The Balaban J connectivity index is 1.76. The smallest absolute Gasteiger partial charge is 0.255 e. The molecule has 0 spiro atoms. The van der Waals surface area contributed by atoms with Crippen molar-refractivity contribution in [2.45, 2.75) is 19.3 Å². The van der Waals surface area contributed by atoms with Gasteiger partial charge in [-0.25, -0.2) is 0 Å². The number of carbonyl (C=O) groups excluding carboxylic acids is 2. The Morgan fingerprint density at radius 1 is 0.917 bits per heavy atom. The van der Waals surface area contributed by atoms with Crippen molar-refractivity contribution in [1.82, 2.24) is 4.90 Å².